The molecule has 4 aromatic rings. The van der Waals surface area contributed by atoms with E-state index in [1.807, 2.05) is 24.4 Å². The highest BCUT2D eigenvalue weighted by atomic mass is 19.2. The van der Waals surface area contributed by atoms with Crippen LogP contribution in [0.4, 0.5) is 8.78 Å². The molecule has 0 aliphatic heterocycles. The van der Waals surface area contributed by atoms with E-state index in [1.54, 1.807) is 31.2 Å². The maximum absolute atomic E-state index is 13.7. The first-order chi connectivity index (χ1) is 16.0. The first-order valence-corrected chi connectivity index (χ1v) is 10.5. The number of fused-ring (bicyclic) bond motifs is 1. The van der Waals surface area contributed by atoms with Crippen LogP contribution < -0.4 is 9.47 Å². The summed E-state index contributed by atoms with van der Waals surface area (Å²) >= 11 is 0. The summed E-state index contributed by atoms with van der Waals surface area (Å²) in [6, 6.07) is 15.0. The number of methoxy groups -OCH3 is 1. The smallest absolute Gasteiger partial charge is 0.310 e. The Morgan fingerprint density at radius 3 is 2.48 bits per heavy atom. The van der Waals surface area contributed by atoms with E-state index in [4.69, 9.17) is 14.2 Å². The molecule has 0 radical (unpaired) electrons. The number of esters is 1. The van der Waals surface area contributed by atoms with Crippen LogP contribution >= 0.6 is 0 Å². The highest BCUT2D eigenvalue weighted by Gasteiger charge is 2.14. The number of ether oxygens (including phenoxy) is 3. The lowest BCUT2D eigenvalue weighted by molar-refractivity contribution is -0.142. The molecule has 4 rings (SSSR count). The Kier molecular flexibility index (Phi) is 6.58. The third-order valence-corrected chi connectivity index (χ3v) is 5.32. The molecule has 0 bridgehead atoms. The first kappa shape index (κ1) is 22.3. The van der Waals surface area contributed by atoms with Gasteiger partial charge in [0.15, 0.2) is 11.6 Å². The molecule has 5 nitrogen and oxygen atoms in total. The van der Waals surface area contributed by atoms with E-state index in [1.165, 1.54) is 7.11 Å². The molecule has 170 valence electrons. The van der Waals surface area contributed by atoms with Crippen LogP contribution in [0.3, 0.4) is 0 Å². The average Bonchev–Trinajstić information content (AvgIpc) is 3.23. The highest BCUT2D eigenvalue weighted by Crippen LogP contribution is 2.33. The van der Waals surface area contributed by atoms with Crippen molar-refractivity contribution in [1.82, 2.24) is 4.98 Å². The van der Waals surface area contributed by atoms with E-state index in [9.17, 15) is 13.6 Å². The van der Waals surface area contributed by atoms with Crippen LogP contribution in [0.1, 0.15) is 18.1 Å². The minimum absolute atomic E-state index is 0.176. The van der Waals surface area contributed by atoms with Crippen LogP contribution in [0.15, 0.2) is 60.8 Å². The van der Waals surface area contributed by atoms with Gasteiger partial charge in [0.1, 0.15) is 18.1 Å². The van der Waals surface area contributed by atoms with Crippen LogP contribution in [0.25, 0.3) is 22.0 Å². The predicted molar refractivity (Wildman–Crippen MR) is 121 cm³/mol. The minimum atomic E-state index is -0.961. The zero-order chi connectivity index (χ0) is 23.4. The Morgan fingerprint density at radius 2 is 1.76 bits per heavy atom. The van der Waals surface area contributed by atoms with Crippen molar-refractivity contribution >= 4 is 16.9 Å². The maximum Gasteiger partial charge on any atom is 0.310 e. The number of rotatable bonds is 8. The van der Waals surface area contributed by atoms with Gasteiger partial charge < -0.3 is 19.2 Å². The third kappa shape index (κ3) is 4.82. The standard InChI is InChI=1S/C26H23F2NO4/c1-3-32-25(30)11-18-14-29-23-6-4-5-17(26(18)23)15-33-19-9-7-16(8-10-19)20-12-21(27)22(28)13-24(20)31-2/h4-10,12-14,29H,3,11,15H2,1-2H3. The van der Waals surface area contributed by atoms with Gasteiger partial charge >= 0.3 is 5.97 Å². The highest BCUT2D eigenvalue weighted by molar-refractivity contribution is 5.90. The van der Waals surface area contributed by atoms with Gasteiger partial charge in [-0.15, -0.1) is 0 Å². The van der Waals surface area contributed by atoms with E-state index < -0.39 is 11.6 Å². The fourth-order valence-corrected chi connectivity index (χ4v) is 3.78. The van der Waals surface area contributed by atoms with Crippen molar-refractivity contribution in [3.63, 3.8) is 0 Å². The van der Waals surface area contributed by atoms with Crippen molar-refractivity contribution in [2.45, 2.75) is 20.0 Å². The number of aromatic nitrogens is 1. The molecular weight excluding hydrogens is 428 g/mol. The van der Waals surface area contributed by atoms with Gasteiger partial charge in [-0.3, -0.25) is 4.79 Å². The summed E-state index contributed by atoms with van der Waals surface area (Å²) in [6.45, 7) is 2.41. The van der Waals surface area contributed by atoms with Gasteiger partial charge in [-0.25, -0.2) is 8.78 Å². The summed E-state index contributed by atoms with van der Waals surface area (Å²) in [7, 11) is 1.41. The Bertz CT molecular complexity index is 1280. The molecule has 0 amide bonds. The number of carbonyl (C=O) groups excluding carboxylic acids is 1. The number of nitrogens with one attached hydrogen (secondary N) is 1. The molecule has 0 aliphatic rings. The largest absolute Gasteiger partial charge is 0.496 e. The van der Waals surface area contributed by atoms with Crippen LogP contribution in [-0.4, -0.2) is 24.7 Å². The molecule has 0 fully saturated rings. The Morgan fingerprint density at radius 1 is 1.00 bits per heavy atom. The molecule has 0 saturated carbocycles. The van der Waals surface area contributed by atoms with Gasteiger partial charge in [0.05, 0.1) is 20.1 Å². The van der Waals surface area contributed by atoms with Crippen molar-refractivity contribution in [1.29, 1.82) is 0 Å². The van der Waals surface area contributed by atoms with E-state index in [0.717, 1.165) is 34.2 Å². The second-order valence-corrected chi connectivity index (χ2v) is 7.42. The zero-order valence-corrected chi connectivity index (χ0v) is 18.3. The normalized spacial score (nSPS) is 10.9. The molecule has 0 saturated heterocycles. The van der Waals surface area contributed by atoms with E-state index >= 15 is 0 Å². The first-order valence-electron chi connectivity index (χ1n) is 10.5. The lowest BCUT2D eigenvalue weighted by Gasteiger charge is -2.12. The van der Waals surface area contributed by atoms with Crippen molar-refractivity contribution in [2.75, 3.05) is 13.7 Å². The van der Waals surface area contributed by atoms with Crippen LogP contribution in [0, 0.1) is 11.6 Å². The van der Waals surface area contributed by atoms with E-state index in [-0.39, 0.29) is 18.1 Å². The fraction of sp³-hybridized carbons (Fsp3) is 0.192. The summed E-state index contributed by atoms with van der Waals surface area (Å²) in [6.07, 6.45) is 1.99. The van der Waals surface area contributed by atoms with Gasteiger partial charge in [0.2, 0.25) is 0 Å². The molecule has 0 aliphatic carbocycles. The van der Waals surface area contributed by atoms with E-state index in [2.05, 4.69) is 4.98 Å². The molecule has 1 aromatic heterocycles. The lowest BCUT2D eigenvalue weighted by atomic mass is 10.0. The van der Waals surface area contributed by atoms with Crippen LogP contribution in [0.5, 0.6) is 11.5 Å². The number of hydrogen-bond acceptors (Lipinski definition) is 4. The van der Waals surface area contributed by atoms with Crippen molar-refractivity contribution in [3.05, 3.63) is 83.6 Å². The molecular formula is C26H23F2NO4. The molecule has 33 heavy (non-hydrogen) atoms. The summed E-state index contributed by atoms with van der Waals surface area (Å²) in [4.78, 5) is 15.1. The zero-order valence-electron chi connectivity index (χ0n) is 18.3. The molecule has 3 aromatic carbocycles. The molecule has 0 atom stereocenters. The molecule has 1 heterocycles. The fourth-order valence-electron chi connectivity index (χ4n) is 3.78. The Labute approximate surface area is 189 Å². The summed E-state index contributed by atoms with van der Waals surface area (Å²) in [5.41, 5.74) is 3.81. The van der Waals surface area contributed by atoms with Gasteiger partial charge in [-0.2, -0.15) is 0 Å². The third-order valence-electron chi connectivity index (χ3n) is 5.32. The lowest BCUT2D eigenvalue weighted by Crippen LogP contribution is -2.07. The predicted octanol–water partition coefficient (Wildman–Crippen LogP) is 5.81. The Balaban J connectivity index is 1.53. The number of halogens is 2. The Hall–Kier alpha value is -3.87. The average molecular weight is 451 g/mol. The SMILES string of the molecule is CCOC(=O)Cc1c[nH]c2cccc(COc3ccc(-c4cc(F)c(F)cc4OC)cc3)c12. The van der Waals surface area contributed by atoms with Crippen LogP contribution in [0.2, 0.25) is 0 Å². The van der Waals surface area contributed by atoms with Crippen molar-refractivity contribution in [3.8, 4) is 22.6 Å². The number of H-pyrrole nitrogens is 1. The second-order valence-electron chi connectivity index (χ2n) is 7.42. The monoisotopic (exact) mass is 451 g/mol. The number of aromatic amines is 1. The topological polar surface area (TPSA) is 60.6 Å². The summed E-state index contributed by atoms with van der Waals surface area (Å²) < 4.78 is 43.5. The maximum atomic E-state index is 13.7. The number of carbonyl (C=O) groups is 1. The number of benzene rings is 3. The van der Waals surface area contributed by atoms with Crippen molar-refractivity contribution in [2.24, 2.45) is 0 Å². The second kappa shape index (κ2) is 9.73. The van der Waals surface area contributed by atoms with Gasteiger partial charge in [-0.1, -0.05) is 24.3 Å². The quantitative estimate of drug-likeness (QED) is 0.344. The van der Waals surface area contributed by atoms with Gasteiger partial charge in [0, 0.05) is 28.7 Å². The molecule has 7 heteroatoms. The number of hydrogen-bond donors (Lipinski definition) is 1. The molecule has 1 N–H and O–H groups in total. The summed E-state index contributed by atoms with van der Waals surface area (Å²) in [5, 5.41) is 0.939. The van der Waals surface area contributed by atoms with E-state index in [0.29, 0.717) is 30.1 Å². The molecule has 0 unspecified atom stereocenters. The van der Waals surface area contributed by atoms with Crippen molar-refractivity contribution < 1.29 is 27.8 Å². The minimum Gasteiger partial charge on any atom is -0.496 e. The van der Waals surface area contributed by atoms with Crippen LogP contribution in [-0.2, 0) is 22.6 Å². The summed E-state index contributed by atoms with van der Waals surface area (Å²) in [5.74, 6) is -1.32. The van der Waals surface area contributed by atoms with Gasteiger partial charge in [-0.05, 0) is 47.9 Å². The van der Waals surface area contributed by atoms with Gasteiger partial charge in [0.25, 0.3) is 0 Å². The molecule has 0 spiro atoms.